The molecule has 2 N–H and O–H groups in total. The zero-order valence-electron chi connectivity index (χ0n) is 10.6. The molecule has 0 bridgehead atoms. The predicted octanol–water partition coefficient (Wildman–Crippen LogP) is 1.35. The van der Waals surface area contributed by atoms with E-state index in [9.17, 15) is 0 Å². The Labute approximate surface area is 97.9 Å². The van der Waals surface area contributed by atoms with Crippen LogP contribution in [0, 0.1) is 0 Å². The third kappa shape index (κ3) is 1.69. The lowest BCUT2D eigenvalue weighted by molar-refractivity contribution is -0.113. The third-order valence-corrected chi connectivity index (χ3v) is 4.17. The minimum atomic E-state index is -0.00812. The maximum Gasteiger partial charge on any atom is 0.191 e. The quantitative estimate of drug-likeness (QED) is 0.772. The van der Waals surface area contributed by atoms with E-state index < -0.39 is 0 Å². The van der Waals surface area contributed by atoms with Crippen molar-refractivity contribution in [1.29, 1.82) is 0 Å². The fourth-order valence-corrected chi connectivity index (χ4v) is 3.05. The largest absolute Gasteiger partial charge is 0.375 e. The van der Waals surface area contributed by atoms with Crippen LogP contribution in [0.3, 0.4) is 0 Å². The summed E-state index contributed by atoms with van der Waals surface area (Å²) >= 11 is 0. The van der Waals surface area contributed by atoms with Crippen LogP contribution >= 0.6 is 0 Å². The molecule has 1 spiro atoms. The molecule has 2 aliphatic rings. The molecule has 0 aromatic rings. The number of nitrogens with zero attached hydrogens (tertiary/aromatic N) is 2. The summed E-state index contributed by atoms with van der Waals surface area (Å²) in [5, 5.41) is 0. The van der Waals surface area contributed by atoms with Crippen molar-refractivity contribution in [2.75, 3.05) is 19.7 Å². The zero-order valence-corrected chi connectivity index (χ0v) is 10.6. The van der Waals surface area contributed by atoms with Crippen molar-refractivity contribution in [2.45, 2.75) is 51.2 Å². The molecule has 0 aromatic carbocycles. The van der Waals surface area contributed by atoms with Gasteiger partial charge in [0.2, 0.25) is 0 Å². The van der Waals surface area contributed by atoms with E-state index in [-0.39, 0.29) is 11.1 Å². The van der Waals surface area contributed by atoms with Gasteiger partial charge in [0, 0.05) is 19.6 Å². The first-order chi connectivity index (χ1) is 7.55. The van der Waals surface area contributed by atoms with Gasteiger partial charge >= 0.3 is 0 Å². The SMILES string of the molecule is CCN1C(N)=NCC12CCOC(C)(CC)C2. The molecule has 2 atom stereocenters. The summed E-state index contributed by atoms with van der Waals surface area (Å²) in [7, 11) is 0. The van der Waals surface area contributed by atoms with Gasteiger partial charge in [-0.05, 0) is 26.7 Å². The zero-order chi connectivity index (χ0) is 11.8. The van der Waals surface area contributed by atoms with E-state index in [0.717, 1.165) is 39.0 Å². The number of likely N-dealkylation sites (N-methyl/N-ethyl adjacent to an activating group) is 1. The van der Waals surface area contributed by atoms with Crippen LogP contribution in [-0.2, 0) is 4.74 Å². The second kappa shape index (κ2) is 3.91. The van der Waals surface area contributed by atoms with Crippen molar-refractivity contribution in [3.8, 4) is 0 Å². The summed E-state index contributed by atoms with van der Waals surface area (Å²) in [4.78, 5) is 6.70. The molecule has 1 fully saturated rings. The second-order valence-electron chi connectivity index (χ2n) is 5.22. The molecule has 0 aromatic heterocycles. The van der Waals surface area contributed by atoms with E-state index in [1.54, 1.807) is 0 Å². The van der Waals surface area contributed by atoms with E-state index in [4.69, 9.17) is 10.5 Å². The summed E-state index contributed by atoms with van der Waals surface area (Å²) in [6.07, 6.45) is 3.13. The normalized spacial score (nSPS) is 39.2. The van der Waals surface area contributed by atoms with Crippen LogP contribution in [0.4, 0.5) is 0 Å². The molecule has 2 heterocycles. The first-order valence-electron chi connectivity index (χ1n) is 6.27. The molecule has 0 radical (unpaired) electrons. The number of hydrogen-bond acceptors (Lipinski definition) is 4. The van der Waals surface area contributed by atoms with Gasteiger partial charge in [0.15, 0.2) is 5.96 Å². The summed E-state index contributed by atoms with van der Waals surface area (Å²) in [6, 6.07) is 0. The maximum absolute atomic E-state index is 5.96. The van der Waals surface area contributed by atoms with Gasteiger partial charge in [-0.1, -0.05) is 6.92 Å². The fraction of sp³-hybridized carbons (Fsp3) is 0.917. The van der Waals surface area contributed by atoms with Gasteiger partial charge in [-0.3, -0.25) is 4.99 Å². The van der Waals surface area contributed by atoms with Crippen LogP contribution in [0.25, 0.3) is 0 Å². The van der Waals surface area contributed by atoms with Gasteiger partial charge in [0.25, 0.3) is 0 Å². The van der Waals surface area contributed by atoms with Crippen LogP contribution in [0.5, 0.6) is 0 Å². The topological polar surface area (TPSA) is 50.8 Å². The lowest BCUT2D eigenvalue weighted by Gasteiger charge is -2.48. The monoisotopic (exact) mass is 225 g/mol. The molecule has 16 heavy (non-hydrogen) atoms. The molecule has 1 saturated heterocycles. The van der Waals surface area contributed by atoms with Crippen molar-refractivity contribution in [3.05, 3.63) is 0 Å². The molecular weight excluding hydrogens is 202 g/mol. The summed E-state index contributed by atoms with van der Waals surface area (Å²) in [5.74, 6) is 0.711. The predicted molar refractivity (Wildman–Crippen MR) is 65.5 cm³/mol. The van der Waals surface area contributed by atoms with E-state index >= 15 is 0 Å². The Morgan fingerprint density at radius 1 is 1.50 bits per heavy atom. The molecule has 2 aliphatic heterocycles. The van der Waals surface area contributed by atoms with Gasteiger partial charge in [-0.15, -0.1) is 0 Å². The molecule has 0 saturated carbocycles. The van der Waals surface area contributed by atoms with Gasteiger partial charge in [0.05, 0.1) is 17.7 Å². The third-order valence-electron chi connectivity index (χ3n) is 4.17. The van der Waals surface area contributed by atoms with Gasteiger partial charge in [0.1, 0.15) is 0 Å². The molecule has 2 rings (SSSR count). The summed E-state index contributed by atoms with van der Waals surface area (Å²) in [5.41, 5.74) is 6.08. The summed E-state index contributed by atoms with van der Waals surface area (Å²) < 4.78 is 5.91. The Bertz CT molecular complexity index is 305. The number of hydrogen-bond donors (Lipinski definition) is 1. The highest BCUT2D eigenvalue weighted by Gasteiger charge is 2.48. The number of nitrogens with two attached hydrogens (primary N) is 1. The van der Waals surface area contributed by atoms with Crippen molar-refractivity contribution in [1.82, 2.24) is 4.90 Å². The minimum absolute atomic E-state index is 0.00812. The van der Waals surface area contributed by atoms with Crippen LogP contribution in [-0.4, -0.2) is 41.7 Å². The lowest BCUT2D eigenvalue weighted by atomic mass is 9.78. The summed E-state index contributed by atoms with van der Waals surface area (Å²) in [6.45, 7) is 9.14. The molecule has 4 nitrogen and oxygen atoms in total. The highest BCUT2D eigenvalue weighted by Crippen LogP contribution is 2.40. The Morgan fingerprint density at radius 3 is 2.88 bits per heavy atom. The fourth-order valence-electron chi connectivity index (χ4n) is 3.05. The highest BCUT2D eigenvalue weighted by atomic mass is 16.5. The molecule has 0 amide bonds. The van der Waals surface area contributed by atoms with Crippen molar-refractivity contribution in [2.24, 2.45) is 10.7 Å². The van der Waals surface area contributed by atoms with E-state index in [1.807, 2.05) is 0 Å². The average Bonchev–Trinajstić information content (AvgIpc) is 2.55. The number of aliphatic imine (C=N–C) groups is 1. The van der Waals surface area contributed by atoms with Crippen LogP contribution in [0.2, 0.25) is 0 Å². The Kier molecular flexibility index (Phi) is 2.86. The van der Waals surface area contributed by atoms with Crippen LogP contribution in [0.1, 0.15) is 40.0 Å². The number of guanidine groups is 1. The second-order valence-corrected chi connectivity index (χ2v) is 5.22. The Morgan fingerprint density at radius 2 is 2.25 bits per heavy atom. The first kappa shape index (κ1) is 11.7. The molecular formula is C12H23N3O. The van der Waals surface area contributed by atoms with E-state index in [1.165, 1.54) is 0 Å². The van der Waals surface area contributed by atoms with Gasteiger partial charge in [-0.25, -0.2) is 0 Å². The molecule has 92 valence electrons. The molecule has 4 heteroatoms. The van der Waals surface area contributed by atoms with E-state index in [2.05, 4.69) is 30.7 Å². The van der Waals surface area contributed by atoms with Gasteiger partial charge in [-0.2, -0.15) is 0 Å². The van der Waals surface area contributed by atoms with Gasteiger partial charge < -0.3 is 15.4 Å². The molecule has 2 unspecified atom stereocenters. The van der Waals surface area contributed by atoms with Crippen molar-refractivity contribution < 1.29 is 4.74 Å². The van der Waals surface area contributed by atoms with E-state index in [0.29, 0.717) is 5.96 Å². The van der Waals surface area contributed by atoms with Crippen LogP contribution in [0.15, 0.2) is 4.99 Å². The average molecular weight is 225 g/mol. The first-order valence-corrected chi connectivity index (χ1v) is 6.27. The Hall–Kier alpha value is -0.770. The standard InChI is InChI=1S/C12H23N3O/c1-4-11(3)8-12(6-7-16-11)9-14-10(13)15(12)5-2/h4-9H2,1-3H3,(H2,13,14). The number of ether oxygens (including phenoxy) is 1. The minimum Gasteiger partial charge on any atom is -0.375 e. The van der Waals surface area contributed by atoms with Crippen molar-refractivity contribution in [3.63, 3.8) is 0 Å². The van der Waals surface area contributed by atoms with Crippen LogP contribution < -0.4 is 5.73 Å². The molecule has 0 aliphatic carbocycles. The lowest BCUT2D eigenvalue weighted by Crippen LogP contribution is -2.58. The van der Waals surface area contributed by atoms with Crippen molar-refractivity contribution >= 4 is 5.96 Å². The highest BCUT2D eigenvalue weighted by molar-refractivity contribution is 5.81. The Balaban J connectivity index is 2.20. The maximum atomic E-state index is 5.96. The smallest absolute Gasteiger partial charge is 0.191 e. The number of rotatable bonds is 2.